The molecule has 0 bridgehead atoms. The molecule has 0 unspecified atom stereocenters. The zero-order chi connectivity index (χ0) is 16.1. The summed E-state index contributed by atoms with van der Waals surface area (Å²) in [5.74, 6) is 0. The van der Waals surface area contributed by atoms with Crippen LogP contribution < -0.4 is 4.72 Å². The van der Waals surface area contributed by atoms with Crippen LogP contribution in [0.4, 0.5) is 13.2 Å². The van der Waals surface area contributed by atoms with Crippen LogP contribution >= 0.6 is 11.6 Å². The standard InChI is InChI=1S/C11H13ClF3NO4S/c12-10-2-1-8(7-9(10)11(13,14)15)21(18,19)16-3-5-20-6-4-17/h1-2,7,16-17H,3-6H2. The van der Waals surface area contributed by atoms with Crippen LogP contribution in [0.2, 0.25) is 5.02 Å². The molecular weight excluding hydrogens is 335 g/mol. The summed E-state index contributed by atoms with van der Waals surface area (Å²) >= 11 is 5.41. The molecule has 0 aliphatic rings. The lowest BCUT2D eigenvalue weighted by Crippen LogP contribution is -2.28. The number of aliphatic hydroxyl groups is 1. The van der Waals surface area contributed by atoms with Crippen LogP contribution in [-0.2, 0) is 20.9 Å². The first-order valence-corrected chi connectivity index (χ1v) is 7.59. The summed E-state index contributed by atoms with van der Waals surface area (Å²) in [5, 5.41) is 7.88. The predicted octanol–water partition coefficient (Wildman–Crippen LogP) is 1.65. The summed E-state index contributed by atoms with van der Waals surface area (Å²) in [6.07, 6.45) is -4.74. The largest absolute Gasteiger partial charge is 0.417 e. The van der Waals surface area contributed by atoms with Gasteiger partial charge in [-0.2, -0.15) is 13.2 Å². The van der Waals surface area contributed by atoms with Crippen molar-refractivity contribution in [2.45, 2.75) is 11.1 Å². The first kappa shape index (κ1) is 18.2. The summed E-state index contributed by atoms with van der Waals surface area (Å²) in [7, 11) is -4.10. The Morgan fingerprint density at radius 1 is 1.29 bits per heavy atom. The van der Waals surface area contributed by atoms with Crippen LogP contribution in [-0.4, -0.2) is 39.9 Å². The molecule has 0 amide bonds. The number of nitrogens with one attached hydrogen (secondary N) is 1. The molecule has 5 nitrogen and oxygen atoms in total. The third-order valence-corrected chi connectivity index (χ3v) is 4.12. The van der Waals surface area contributed by atoms with E-state index in [0.29, 0.717) is 6.07 Å². The smallest absolute Gasteiger partial charge is 0.394 e. The minimum Gasteiger partial charge on any atom is -0.394 e. The van der Waals surface area contributed by atoms with E-state index >= 15 is 0 Å². The molecule has 0 saturated heterocycles. The Hall–Kier alpha value is -0.870. The third-order valence-electron chi connectivity index (χ3n) is 2.33. The van der Waals surface area contributed by atoms with E-state index < -0.39 is 31.7 Å². The molecule has 10 heteroatoms. The highest BCUT2D eigenvalue weighted by molar-refractivity contribution is 7.89. The van der Waals surface area contributed by atoms with Crippen LogP contribution in [0.3, 0.4) is 0 Å². The lowest BCUT2D eigenvalue weighted by molar-refractivity contribution is -0.137. The average Bonchev–Trinajstić information content (AvgIpc) is 2.37. The first-order valence-electron chi connectivity index (χ1n) is 5.73. The van der Waals surface area contributed by atoms with Gasteiger partial charge in [-0.1, -0.05) is 11.6 Å². The van der Waals surface area contributed by atoms with E-state index in [1.165, 1.54) is 0 Å². The summed E-state index contributed by atoms with van der Waals surface area (Å²) < 4.78 is 68.6. The van der Waals surface area contributed by atoms with Gasteiger partial charge in [0.1, 0.15) is 0 Å². The first-order chi connectivity index (χ1) is 9.68. The van der Waals surface area contributed by atoms with Gasteiger partial charge in [-0.15, -0.1) is 0 Å². The average molecular weight is 348 g/mol. The summed E-state index contributed by atoms with van der Waals surface area (Å²) in [4.78, 5) is -0.540. The minimum absolute atomic E-state index is 0.0144. The van der Waals surface area contributed by atoms with Gasteiger partial charge in [-0.05, 0) is 18.2 Å². The Morgan fingerprint density at radius 2 is 1.95 bits per heavy atom. The van der Waals surface area contributed by atoms with Gasteiger partial charge < -0.3 is 9.84 Å². The predicted molar refractivity (Wildman–Crippen MR) is 69.5 cm³/mol. The van der Waals surface area contributed by atoms with Crippen LogP contribution in [0.15, 0.2) is 23.1 Å². The van der Waals surface area contributed by atoms with E-state index in [9.17, 15) is 21.6 Å². The Morgan fingerprint density at radius 3 is 2.52 bits per heavy atom. The van der Waals surface area contributed by atoms with Crippen molar-refractivity contribution in [3.8, 4) is 0 Å². The van der Waals surface area contributed by atoms with E-state index in [0.717, 1.165) is 12.1 Å². The van der Waals surface area contributed by atoms with Crippen molar-refractivity contribution in [1.29, 1.82) is 0 Å². The van der Waals surface area contributed by atoms with Crippen LogP contribution in [0.25, 0.3) is 0 Å². The molecule has 0 aromatic heterocycles. The molecule has 21 heavy (non-hydrogen) atoms. The number of ether oxygens (including phenoxy) is 1. The van der Waals surface area contributed by atoms with E-state index in [2.05, 4.69) is 4.72 Å². The fourth-order valence-corrected chi connectivity index (χ4v) is 2.65. The van der Waals surface area contributed by atoms with Gasteiger partial charge >= 0.3 is 6.18 Å². The number of aliphatic hydroxyl groups excluding tert-OH is 1. The van der Waals surface area contributed by atoms with Crippen LogP contribution in [0.1, 0.15) is 5.56 Å². The lowest BCUT2D eigenvalue weighted by atomic mass is 10.2. The number of alkyl halides is 3. The van der Waals surface area contributed by atoms with Crippen LogP contribution in [0.5, 0.6) is 0 Å². The lowest BCUT2D eigenvalue weighted by Gasteiger charge is -2.12. The SMILES string of the molecule is O=S(=O)(NCCOCCO)c1ccc(Cl)c(C(F)(F)F)c1. The van der Waals surface area contributed by atoms with Crippen molar-refractivity contribution in [2.24, 2.45) is 0 Å². The molecule has 0 aliphatic carbocycles. The Kier molecular flexibility index (Phi) is 6.41. The van der Waals surface area contributed by atoms with Gasteiger partial charge in [0.15, 0.2) is 0 Å². The fourth-order valence-electron chi connectivity index (χ4n) is 1.39. The molecule has 0 heterocycles. The van der Waals surface area contributed by atoms with Crippen molar-refractivity contribution in [1.82, 2.24) is 4.72 Å². The second-order valence-electron chi connectivity index (χ2n) is 3.87. The number of benzene rings is 1. The normalized spacial score (nSPS) is 12.6. The molecule has 1 aromatic carbocycles. The minimum atomic E-state index is -4.74. The number of hydrogen-bond acceptors (Lipinski definition) is 4. The quantitative estimate of drug-likeness (QED) is 0.735. The number of halogens is 4. The molecule has 1 aromatic rings. The topological polar surface area (TPSA) is 75.6 Å². The van der Waals surface area contributed by atoms with Gasteiger partial charge in [-0.25, -0.2) is 13.1 Å². The summed E-state index contributed by atoms with van der Waals surface area (Å²) in [5.41, 5.74) is -1.22. The number of hydrogen-bond donors (Lipinski definition) is 2. The van der Waals surface area contributed by atoms with E-state index in [1.807, 2.05) is 0 Å². The Bertz CT molecular complexity index is 577. The van der Waals surface area contributed by atoms with E-state index in [4.69, 9.17) is 21.4 Å². The maximum absolute atomic E-state index is 12.7. The van der Waals surface area contributed by atoms with Crippen molar-refractivity contribution in [3.05, 3.63) is 28.8 Å². The van der Waals surface area contributed by atoms with Crippen molar-refractivity contribution < 1.29 is 31.4 Å². The molecule has 2 N–H and O–H groups in total. The highest BCUT2D eigenvalue weighted by Gasteiger charge is 2.34. The Balaban J connectivity index is 2.84. The van der Waals surface area contributed by atoms with Crippen molar-refractivity contribution in [3.63, 3.8) is 0 Å². The molecule has 0 spiro atoms. The van der Waals surface area contributed by atoms with Crippen molar-refractivity contribution >= 4 is 21.6 Å². The monoisotopic (exact) mass is 347 g/mol. The molecule has 0 aliphatic heterocycles. The molecule has 0 radical (unpaired) electrons. The van der Waals surface area contributed by atoms with Gasteiger partial charge in [0.2, 0.25) is 10.0 Å². The van der Waals surface area contributed by atoms with Gasteiger partial charge in [0.05, 0.1) is 35.3 Å². The second kappa shape index (κ2) is 7.41. The molecule has 120 valence electrons. The fraction of sp³-hybridized carbons (Fsp3) is 0.455. The van der Waals surface area contributed by atoms with Crippen LogP contribution in [0, 0.1) is 0 Å². The second-order valence-corrected chi connectivity index (χ2v) is 6.05. The van der Waals surface area contributed by atoms with E-state index in [1.54, 1.807) is 0 Å². The maximum atomic E-state index is 12.7. The zero-order valence-corrected chi connectivity index (χ0v) is 12.2. The molecule has 1 rings (SSSR count). The Labute approximate surface area is 124 Å². The van der Waals surface area contributed by atoms with Gasteiger partial charge in [-0.3, -0.25) is 0 Å². The van der Waals surface area contributed by atoms with E-state index in [-0.39, 0.29) is 26.4 Å². The maximum Gasteiger partial charge on any atom is 0.417 e. The molecule has 0 atom stereocenters. The van der Waals surface area contributed by atoms with Gasteiger partial charge in [0, 0.05) is 6.54 Å². The third kappa shape index (κ3) is 5.44. The highest BCUT2D eigenvalue weighted by Crippen LogP contribution is 2.35. The van der Waals surface area contributed by atoms with Crippen molar-refractivity contribution in [2.75, 3.05) is 26.4 Å². The number of sulfonamides is 1. The van der Waals surface area contributed by atoms with Gasteiger partial charge in [0.25, 0.3) is 0 Å². The highest BCUT2D eigenvalue weighted by atomic mass is 35.5. The summed E-state index contributed by atoms with van der Waals surface area (Å²) in [6.45, 7) is -0.314. The molecular formula is C11H13ClF3NO4S. The summed E-state index contributed by atoms with van der Waals surface area (Å²) in [6, 6.07) is 2.33. The molecule has 0 fully saturated rings. The zero-order valence-electron chi connectivity index (χ0n) is 10.7. The number of rotatable bonds is 7. The molecule has 0 saturated carbocycles.